The maximum atomic E-state index is 11.9. The van der Waals surface area contributed by atoms with Gasteiger partial charge in [0.25, 0.3) is 5.91 Å². The second-order valence-electron chi connectivity index (χ2n) is 4.17. The van der Waals surface area contributed by atoms with Crippen LogP contribution < -0.4 is 11.5 Å². The maximum absolute atomic E-state index is 11.9. The van der Waals surface area contributed by atoms with Gasteiger partial charge >= 0.3 is 11.9 Å². The summed E-state index contributed by atoms with van der Waals surface area (Å²) in [7, 11) is 1.21. The molecule has 1 saturated heterocycles. The molecule has 1 aromatic rings. The number of oxime groups is 1. The highest BCUT2D eigenvalue weighted by Crippen LogP contribution is 2.13. The minimum absolute atomic E-state index is 0.105. The first-order chi connectivity index (χ1) is 10.9. The Balaban J connectivity index is 1.99. The number of nitrogen functional groups attached to an aromatic ring is 1. The quantitative estimate of drug-likeness (QED) is 0.211. The van der Waals surface area contributed by atoms with Crippen LogP contribution in [0, 0.1) is 0 Å². The molecule has 2 rings (SSSR count). The fourth-order valence-electron chi connectivity index (χ4n) is 1.50. The summed E-state index contributed by atoms with van der Waals surface area (Å²) in [6, 6.07) is -0.625. The van der Waals surface area contributed by atoms with Gasteiger partial charge in [0.05, 0.1) is 6.54 Å². The number of nitrogens with zero attached hydrogens (tertiary/aromatic N) is 4. The fourth-order valence-corrected chi connectivity index (χ4v) is 2.04. The van der Waals surface area contributed by atoms with Gasteiger partial charge < -0.3 is 21.0 Å². The van der Waals surface area contributed by atoms with Crippen LogP contribution in [0.5, 0.6) is 0 Å². The Labute approximate surface area is 133 Å². The molecule has 11 nitrogen and oxygen atoms in total. The van der Waals surface area contributed by atoms with Gasteiger partial charge in [-0.1, -0.05) is 5.16 Å². The van der Waals surface area contributed by atoms with Crippen LogP contribution in [0.3, 0.4) is 0 Å². The lowest BCUT2D eigenvalue weighted by molar-refractivity contribution is -0.149. The number of rotatable bonds is 5. The molecule has 23 heavy (non-hydrogen) atoms. The molecule has 1 aromatic heterocycles. The molecule has 4 N–H and O–H groups in total. The maximum Gasteiger partial charge on any atom is 0.370 e. The molecule has 0 aliphatic carbocycles. The van der Waals surface area contributed by atoms with Crippen molar-refractivity contribution in [2.45, 2.75) is 6.04 Å². The standard InChI is InChI=1S/C11H12N6O5S/c1-21-16-8(6-4-23-11(13)15-6)10(20)22-7(18)2-14-17-3-5(12)9(17)19/h2,4-5H,3,12H2,1H3,(H2,13,15). The van der Waals surface area contributed by atoms with E-state index in [-0.39, 0.29) is 23.1 Å². The number of ether oxygens (including phenoxy) is 1. The van der Waals surface area contributed by atoms with Crippen molar-refractivity contribution in [3.63, 3.8) is 0 Å². The lowest BCUT2D eigenvalue weighted by Gasteiger charge is -2.30. The molecular weight excluding hydrogens is 328 g/mol. The summed E-state index contributed by atoms with van der Waals surface area (Å²) in [6.07, 6.45) is 0.682. The Kier molecular flexibility index (Phi) is 4.98. The van der Waals surface area contributed by atoms with Crippen LogP contribution in [-0.4, -0.2) is 59.5 Å². The van der Waals surface area contributed by atoms with Gasteiger partial charge in [0, 0.05) is 5.38 Å². The molecular formula is C11H12N6O5S. The van der Waals surface area contributed by atoms with E-state index in [0.29, 0.717) is 6.21 Å². The fraction of sp³-hybridized carbons (Fsp3) is 0.273. The Morgan fingerprint density at radius 3 is 2.83 bits per heavy atom. The third-order valence-electron chi connectivity index (χ3n) is 2.58. The van der Waals surface area contributed by atoms with Crippen LogP contribution in [0.15, 0.2) is 15.6 Å². The largest absolute Gasteiger partial charge is 0.398 e. The Morgan fingerprint density at radius 2 is 2.30 bits per heavy atom. The van der Waals surface area contributed by atoms with E-state index >= 15 is 0 Å². The van der Waals surface area contributed by atoms with E-state index in [1.165, 1.54) is 12.5 Å². The zero-order valence-electron chi connectivity index (χ0n) is 11.8. The van der Waals surface area contributed by atoms with Crippen molar-refractivity contribution >= 4 is 46.2 Å². The number of amides is 1. The van der Waals surface area contributed by atoms with E-state index in [4.69, 9.17) is 11.5 Å². The predicted molar refractivity (Wildman–Crippen MR) is 79.4 cm³/mol. The molecule has 0 saturated carbocycles. The van der Waals surface area contributed by atoms with E-state index in [1.54, 1.807) is 0 Å². The molecule has 1 unspecified atom stereocenters. The van der Waals surface area contributed by atoms with Crippen LogP contribution in [0.2, 0.25) is 0 Å². The minimum Gasteiger partial charge on any atom is -0.398 e. The SMILES string of the molecule is CON=C(C(=O)OC(=O)C=NN1CC(N)C1=O)c1csc(N)n1. The van der Waals surface area contributed by atoms with E-state index in [2.05, 4.69) is 24.8 Å². The molecule has 1 aliphatic heterocycles. The van der Waals surface area contributed by atoms with Gasteiger partial charge in [-0.2, -0.15) is 5.10 Å². The van der Waals surface area contributed by atoms with Gasteiger partial charge in [0.2, 0.25) is 5.71 Å². The minimum atomic E-state index is -1.10. The first-order valence-corrected chi connectivity index (χ1v) is 7.00. The van der Waals surface area contributed by atoms with Gasteiger partial charge in [-0.15, -0.1) is 11.3 Å². The summed E-state index contributed by atoms with van der Waals surface area (Å²) < 4.78 is 4.53. The number of nitrogens with two attached hydrogens (primary N) is 2. The molecule has 0 radical (unpaired) electrons. The normalized spacial score (nSPS) is 18.0. The highest BCUT2D eigenvalue weighted by molar-refractivity contribution is 7.13. The number of aromatic nitrogens is 1. The average molecular weight is 340 g/mol. The molecule has 1 fully saturated rings. The Hall–Kier alpha value is -2.86. The highest BCUT2D eigenvalue weighted by atomic mass is 32.1. The second-order valence-corrected chi connectivity index (χ2v) is 5.06. The summed E-state index contributed by atoms with van der Waals surface area (Å²) in [6.45, 7) is 0.186. The molecule has 1 atom stereocenters. The molecule has 2 heterocycles. The second kappa shape index (κ2) is 6.93. The smallest absolute Gasteiger partial charge is 0.370 e. The van der Waals surface area contributed by atoms with Gasteiger partial charge in [0.15, 0.2) is 5.13 Å². The predicted octanol–water partition coefficient (Wildman–Crippen LogP) is -1.70. The summed E-state index contributed by atoms with van der Waals surface area (Å²) in [4.78, 5) is 43.0. The number of hydrogen-bond donors (Lipinski definition) is 2. The lowest BCUT2D eigenvalue weighted by atomic mass is 10.2. The van der Waals surface area contributed by atoms with Crippen molar-refractivity contribution in [2.75, 3.05) is 19.4 Å². The first kappa shape index (κ1) is 16.5. The Bertz CT molecular complexity index is 699. The van der Waals surface area contributed by atoms with Crippen LogP contribution >= 0.6 is 11.3 Å². The van der Waals surface area contributed by atoms with Crippen molar-refractivity contribution in [3.05, 3.63) is 11.1 Å². The summed E-state index contributed by atoms with van der Waals surface area (Å²) in [5.41, 5.74) is 10.6. The number of thiazole rings is 1. The molecule has 1 amide bonds. The lowest BCUT2D eigenvalue weighted by Crippen LogP contribution is -2.58. The molecule has 122 valence electrons. The van der Waals surface area contributed by atoms with Crippen LogP contribution in [0.1, 0.15) is 5.69 Å². The first-order valence-electron chi connectivity index (χ1n) is 6.12. The molecule has 0 spiro atoms. The van der Waals surface area contributed by atoms with Gasteiger partial charge in [-0.05, 0) is 0 Å². The van der Waals surface area contributed by atoms with E-state index in [0.717, 1.165) is 16.3 Å². The van der Waals surface area contributed by atoms with Crippen molar-refractivity contribution in [2.24, 2.45) is 16.0 Å². The van der Waals surface area contributed by atoms with E-state index < -0.39 is 23.9 Å². The van der Waals surface area contributed by atoms with Crippen LogP contribution in [0.25, 0.3) is 0 Å². The van der Waals surface area contributed by atoms with Crippen LogP contribution in [-0.2, 0) is 24.0 Å². The average Bonchev–Trinajstić information content (AvgIpc) is 2.94. The molecule has 1 aliphatic rings. The van der Waals surface area contributed by atoms with E-state index in [9.17, 15) is 14.4 Å². The van der Waals surface area contributed by atoms with Crippen LogP contribution in [0.4, 0.5) is 5.13 Å². The highest BCUT2D eigenvalue weighted by Gasteiger charge is 2.33. The molecule has 0 aromatic carbocycles. The summed E-state index contributed by atoms with van der Waals surface area (Å²) in [5, 5.41) is 9.63. The number of hydrazone groups is 1. The van der Waals surface area contributed by atoms with Crippen molar-refractivity contribution < 1.29 is 24.0 Å². The topological polar surface area (TPSA) is 163 Å². The number of esters is 2. The summed E-state index contributed by atoms with van der Waals surface area (Å²) >= 11 is 1.08. The zero-order valence-corrected chi connectivity index (χ0v) is 12.6. The van der Waals surface area contributed by atoms with Gasteiger partial charge in [-0.25, -0.2) is 19.6 Å². The third-order valence-corrected chi connectivity index (χ3v) is 3.25. The molecule has 0 bridgehead atoms. The zero-order chi connectivity index (χ0) is 17.0. The third kappa shape index (κ3) is 3.87. The van der Waals surface area contributed by atoms with Crippen molar-refractivity contribution in [3.8, 4) is 0 Å². The molecule has 12 heteroatoms. The van der Waals surface area contributed by atoms with Crippen molar-refractivity contribution in [1.29, 1.82) is 0 Å². The van der Waals surface area contributed by atoms with E-state index in [1.807, 2.05) is 0 Å². The monoisotopic (exact) mass is 340 g/mol. The summed E-state index contributed by atoms with van der Waals surface area (Å²) in [5.74, 6) is -2.62. The Morgan fingerprint density at radius 1 is 1.57 bits per heavy atom. The van der Waals surface area contributed by atoms with Gasteiger partial charge in [0.1, 0.15) is 25.1 Å². The number of carbonyl (C=O) groups excluding carboxylic acids is 3. The van der Waals surface area contributed by atoms with Gasteiger partial charge in [-0.3, -0.25) is 4.79 Å². The number of β-lactam (4-membered cyclic amide) rings is 1. The number of anilines is 1. The number of carbonyl (C=O) groups is 3. The van der Waals surface area contributed by atoms with Crippen molar-refractivity contribution in [1.82, 2.24) is 9.99 Å². The number of hydrogen-bond acceptors (Lipinski definition) is 11.